The molecule has 1 N–H and O–H groups in total. The van der Waals surface area contributed by atoms with Crippen LogP contribution >= 0.6 is 0 Å². The Bertz CT molecular complexity index is 135. The van der Waals surface area contributed by atoms with Crippen LogP contribution in [-0.2, 0) is 0 Å². The predicted octanol–water partition coefficient (Wildman–Crippen LogP) is 2.26. The van der Waals surface area contributed by atoms with E-state index in [1.807, 2.05) is 0 Å². The van der Waals surface area contributed by atoms with Gasteiger partial charge in [0.2, 0.25) is 0 Å². The monoisotopic (exact) mass is 151 g/mol. The summed E-state index contributed by atoms with van der Waals surface area (Å²) in [5.41, 5.74) is 0. The molecule has 0 heterocycles. The quantitative estimate of drug-likeness (QED) is 0.594. The Morgan fingerprint density at radius 2 is 1.91 bits per heavy atom. The van der Waals surface area contributed by atoms with Gasteiger partial charge in [-0.25, -0.2) is 0 Å². The van der Waals surface area contributed by atoms with Gasteiger partial charge in [0.15, 0.2) is 0 Å². The fraction of sp³-hybridized carbons (Fsp3) is 0.600. The van der Waals surface area contributed by atoms with Gasteiger partial charge in [-0.3, -0.25) is 0 Å². The molecule has 0 aromatic carbocycles. The summed E-state index contributed by atoms with van der Waals surface area (Å²) in [6, 6.07) is 0.506. The number of nitrogens with one attached hydrogen (secondary N) is 1. The highest BCUT2D eigenvalue weighted by molar-refractivity contribution is 5.21. The molecule has 0 aromatic rings. The van der Waals surface area contributed by atoms with Crippen LogP contribution in [0, 0.1) is 0 Å². The van der Waals surface area contributed by atoms with E-state index in [0.717, 1.165) is 6.54 Å². The van der Waals surface area contributed by atoms with Crippen molar-refractivity contribution in [2.75, 3.05) is 6.54 Å². The summed E-state index contributed by atoms with van der Waals surface area (Å²) in [7, 11) is 0. The maximum absolute atomic E-state index is 3.44. The number of rotatable bonds is 5. The molecule has 0 aliphatic heterocycles. The van der Waals surface area contributed by atoms with Gasteiger partial charge >= 0.3 is 0 Å². The summed E-state index contributed by atoms with van der Waals surface area (Å²) in [6.45, 7) is 3.38. The number of unbranched alkanes of at least 4 members (excludes halogenated alkanes) is 2. The van der Waals surface area contributed by atoms with Crippen LogP contribution in [0.25, 0.3) is 0 Å². The number of hydrogen-bond acceptors (Lipinski definition) is 1. The van der Waals surface area contributed by atoms with Crippen LogP contribution in [0.1, 0.15) is 26.2 Å². The summed E-state index contributed by atoms with van der Waals surface area (Å²) < 4.78 is 0. The lowest BCUT2D eigenvalue weighted by Gasteiger charge is -2.06. The lowest BCUT2D eigenvalue weighted by Crippen LogP contribution is -2.24. The van der Waals surface area contributed by atoms with Gasteiger partial charge in [0.25, 0.3) is 0 Å². The van der Waals surface area contributed by atoms with E-state index in [2.05, 4.69) is 36.5 Å². The van der Waals surface area contributed by atoms with Crippen LogP contribution in [0.3, 0.4) is 0 Å². The predicted molar refractivity (Wildman–Crippen MR) is 49.6 cm³/mol. The molecular formula is C10H17N. The first-order chi connectivity index (χ1) is 5.43. The molecule has 0 saturated carbocycles. The molecule has 1 rings (SSSR count). The van der Waals surface area contributed by atoms with E-state index in [1.54, 1.807) is 0 Å². The highest BCUT2D eigenvalue weighted by atomic mass is 14.9. The zero-order valence-electron chi connectivity index (χ0n) is 7.22. The van der Waals surface area contributed by atoms with Gasteiger partial charge in [0.1, 0.15) is 0 Å². The van der Waals surface area contributed by atoms with Crippen molar-refractivity contribution in [1.29, 1.82) is 0 Å². The van der Waals surface area contributed by atoms with E-state index < -0.39 is 0 Å². The van der Waals surface area contributed by atoms with Crippen molar-refractivity contribution in [2.24, 2.45) is 0 Å². The van der Waals surface area contributed by atoms with E-state index >= 15 is 0 Å². The highest BCUT2D eigenvalue weighted by Crippen LogP contribution is 1.99. The molecule has 0 bridgehead atoms. The van der Waals surface area contributed by atoms with Crippen molar-refractivity contribution >= 4 is 0 Å². The smallest absolute Gasteiger partial charge is 0.0441 e. The van der Waals surface area contributed by atoms with Gasteiger partial charge in [0.05, 0.1) is 0 Å². The Hall–Kier alpha value is -0.560. The lowest BCUT2D eigenvalue weighted by molar-refractivity contribution is 0.610. The number of hydrogen-bond donors (Lipinski definition) is 1. The van der Waals surface area contributed by atoms with E-state index in [0.29, 0.717) is 6.04 Å². The molecule has 1 heteroatoms. The Labute approximate surface area is 69.2 Å². The van der Waals surface area contributed by atoms with Gasteiger partial charge in [-0.15, -0.1) is 0 Å². The molecule has 0 atom stereocenters. The summed E-state index contributed by atoms with van der Waals surface area (Å²) in [4.78, 5) is 0. The van der Waals surface area contributed by atoms with E-state index in [1.165, 1.54) is 19.3 Å². The van der Waals surface area contributed by atoms with E-state index in [4.69, 9.17) is 0 Å². The fourth-order valence-electron chi connectivity index (χ4n) is 1.21. The van der Waals surface area contributed by atoms with Gasteiger partial charge in [-0.2, -0.15) is 0 Å². The van der Waals surface area contributed by atoms with Crippen LogP contribution in [0.5, 0.6) is 0 Å². The van der Waals surface area contributed by atoms with Crippen molar-refractivity contribution in [3.63, 3.8) is 0 Å². The molecule has 1 aliphatic carbocycles. The summed E-state index contributed by atoms with van der Waals surface area (Å²) >= 11 is 0. The molecule has 0 radical (unpaired) electrons. The maximum atomic E-state index is 3.44. The van der Waals surface area contributed by atoms with Crippen LogP contribution < -0.4 is 5.32 Å². The topological polar surface area (TPSA) is 12.0 Å². The molecular weight excluding hydrogens is 134 g/mol. The van der Waals surface area contributed by atoms with Crippen LogP contribution in [0.15, 0.2) is 24.3 Å². The lowest BCUT2D eigenvalue weighted by atomic mass is 10.2. The molecule has 0 unspecified atom stereocenters. The average Bonchev–Trinajstić information content (AvgIpc) is 2.50. The van der Waals surface area contributed by atoms with Crippen molar-refractivity contribution in [1.82, 2.24) is 5.32 Å². The Morgan fingerprint density at radius 3 is 2.55 bits per heavy atom. The first-order valence-electron chi connectivity index (χ1n) is 4.52. The van der Waals surface area contributed by atoms with Crippen molar-refractivity contribution < 1.29 is 0 Å². The Balaban J connectivity index is 1.95. The largest absolute Gasteiger partial charge is 0.307 e. The molecule has 0 amide bonds. The number of allylic oxidation sites excluding steroid dienone is 2. The molecule has 11 heavy (non-hydrogen) atoms. The van der Waals surface area contributed by atoms with E-state index in [9.17, 15) is 0 Å². The minimum Gasteiger partial charge on any atom is -0.307 e. The van der Waals surface area contributed by atoms with Crippen LogP contribution in [-0.4, -0.2) is 12.6 Å². The first kappa shape index (κ1) is 8.54. The van der Waals surface area contributed by atoms with Crippen molar-refractivity contribution in [3.8, 4) is 0 Å². The fourth-order valence-corrected chi connectivity index (χ4v) is 1.21. The van der Waals surface area contributed by atoms with Gasteiger partial charge in [-0.05, 0) is 13.0 Å². The second-order valence-electron chi connectivity index (χ2n) is 2.96. The molecule has 0 aromatic heterocycles. The van der Waals surface area contributed by atoms with Crippen LogP contribution in [0.4, 0.5) is 0 Å². The van der Waals surface area contributed by atoms with Crippen molar-refractivity contribution in [2.45, 2.75) is 32.2 Å². The van der Waals surface area contributed by atoms with E-state index in [-0.39, 0.29) is 0 Å². The molecule has 1 aliphatic rings. The SMILES string of the molecule is CCCCCNC1C=CC=C1. The van der Waals surface area contributed by atoms with Gasteiger partial charge in [-0.1, -0.05) is 44.1 Å². The zero-order valence-corrected chi connectivity index (χ0v) is 7.22. The third-order valence-corrected chi connectivity index (χ3v) is 1.91. The minimum absolute atomic E-state index is 0.506. The Kier molecular flexibility index (Phi) is 3.99. The third kappa shape index (κ3) is 3.38. The standard InChI is InChI=1S/C10H17N/c1-2-3-6-9-11-10-7-4-5-8-10/h4-5,7-8,10-11H,2-3,6,9H2,1H3. The molecule has 0 fully saturated rings. The van der Waals surface area contributed by atoms with Crippen molar-refractivity contribution in [3.05, 3.63) is 24.3 Å². The molecule has 0 saturated heterocycles. The van der Waals surface area contributed by atoms with Gasteiger partial charge < -0.3 is 5.32 Å². The summed E-state index contributed by atoms with van der Waals surface area (Å²) in [6.07, 6.45) is 12.5. The molecule has 0 spiro atoms. The van der Waals surface area contributed by atoms with Crippen LogP contribution in [0.2, 0.25) is 0 Å². The average molecular weight is 151 g/mol. The zero-order chi connectivity index (χ0) is 7.94. The first-order valence-corrected chi connectivity index (χ1v) is 4.52. The maximum Gasteiger partial charge on any atom is 0.0441 e. The Morgan fingerprint density at radius 1 is 1.18 bits per heavy atom. The molecule has 1 nitrogen and oxygen atoms in total. The molecule has 62 valence electrons. The third-order valence-electron chi connectivity index (χ3n) is 1.91. The van der Waals surface area contributed by atoms with Gasteiger partial charge in [0, 0.05) is 6.04 Å². The second-order valence-corrected chi connectivity index (χ2v) is 2.96. The summed E-state index contributed by atoms with van der Waals surface area (Å²) in [5, 5.41) is 3.44. The minimum atomic E-state index is 0.506. The normalized spacial score (nSPS) is 16.5. The highest BCUT2D eigenvalue weighted by Gasteiger charge is 1.99. The summed E-state index contributed by atoms with van der Waals surface area (Å²) in [5.74, 6) is 0. The second kappa shape index (κ2) is 5.14.